The summed E-state index contributed by atoms with van der Waals surface area (Å²) in [5.41, 5.74) is 1.39. The van der Waals surface area contributed by atoms with E-state index in [1.807, 2.05) is 23.5 Å². The number of hydrogen-bond donors (Lipinski definition) is 0. The van der Waals surface area contributed by atoms with Gasteiger partial charge in [-0.15, -0.1) is 11.8 Å². The van der Waals surface area contributed by atoms with E-state index in [0.717, 1.165) is 6.42 Å². The zero-order valence-corrected chi connectivity index (χ0v) is 15.7. The van der Waals surface area contributed by atoms with Gasteiger partial charge in [0.25, 0.3) is 0 Å². The first-order chi connectivity index (χ1) is 11.7. The summed E-state index contributed by atoms with van der Waals surface area (Å²) in [6.07, 6.45) is 1.10. The van der Waals surface area contributed by atoms with Crippen LogP contribution in [0.2, 0.25) is 0 Å². The predicted octanol–water partition coefficient (Wildman–Crippen LogP) is 7.26. The SMILES string of the molecule is CCC(C)(Sc1ccc(Sc2ccccc2)cc1)c1ccccc1. The van der Waals surface area contributed by atoms with Crippen LogP contribution in [-0.2, 0) is 4.75 Å². The fraction of sp³-hybridized carbons (Fsp3) is 0.182. The van der Waals surface area contributed by atoms with Crippen LogP contribution < -0.4 is 0 Å². The Balaban J connectivity index is 1.73. The summed E-state index contributed by atoms with van der Waals surface area (Å²) in [7, 11) is 0. The Hall–Kier alpha value is -1.64. The van der Waals surface area contributed by atoms with Crippen LogP contribution in [0.15, 0.2) is 99.6 Å². The number of thioether (sulfide) groups is 1. The fourth-order valence-electron chi connectivity index (χ4n) is 2.59. The Morgan fingerprint density at radius 3 is 1.75 bits per heavy atom. The third-order valence-corrected chi connectivity index (χ3v) is 6.70. The third kappa shape index (κ3) is 4.25. The van der Waals surface area contributed by atoms with Crippen LogP contribution in [0.3, 0.4) is 0 Å². The van der Waals surface area contributed by atoms with Gasteiger partial charge in [0, 0.05) is 19.4 Å². The van der Waals surface area contributed by atoms with E-state index >= 15 is 0 Å². The standard InChI is InChI=1S/C22H22S2/c1-3-22(2,18-10-6-4-7-11-18)24-21-16-14-20(15-17-21)23-19-12-8-5-9-13-19/h4-17H,3H2,1-2H3. The second kappa shape index (κ2) is 7.96. The third-order valence-electron chi connectivity index (χ3n) is 4.20. The molecule has 24 heavy (non-hydrogen) atoms. The highest BCUT2D eigenvalue weighted by Crippen LogP contribution is 2.44. The molecule has 0 bridgehead atoms. The van der Waals surface area contributed by atoms with Gasteiger partial charge in [-0.05, 0) is 55.3 Å². The zero-order valence-electron chi connectivity index (χ0n) is 14.1. The van der Waals surface area contributed by atoms with Crippen LogP contribution in [0.5, 0.6) is 0 Å². The molecule has 0 fully saturated rings. The quantitative estimate of drug-likeness (QED) is 0.429. The molecule has 0 aliphatic heterocycles. The monoisotopic (exact) mass is 350 g/mol. The first-order valence-corrected chi connectivity index (χ1v) is 9.90. The van der Waals surface area contributed by atoms with Crippen molar-refractivity contribution in [2.45, 2.75) is 39.7 Å². The van der Waals surface area contributed by atoms with Gasteiger partial charge in [-0.3, -0.25) is 0 Å². The Morgan fingerprint density at radius 1 is 0.667 bits per heavy atom. The van der Waals surface area contributed by atoms with Crippen LogP contribution in [0.4, 0.5) is 0 Å². The lowest BCUT2D eigenvalue weighted by Crippen LogP contribution is -2.15. The summed E-state index contributed by atoms with van der Waals surface area (Å²) in [5, 5.41) is 0. The first kappa shape index (κ1) is 17.2. The van der Waals surface area contributed by atoms with Gasteiger partial charge in [0.15, 0.2) is 0 Å². The number of benzene rings is 3. The van der Waals surface area contributed by atoms with Crippen molar-refractivity contribution < 1.29 is 0 Å². The highest BCUT2D eigenvalue weighted by Gasteiger charge is 2.25. The van der Waals surface area contributed by atoms with Crippen LogP contribution in [0.25, 0.3) is 0 Å². The minimum Gasteiger partial charge on any atom is -0.115 e. The highest BCUT2D eigenvalue weighted by atomic mass is 32.2. The average Bonchev–Trinajstić information content (AvgIpc) is 2.65. The van der Waals surface area contributed by atoms with Crippen molar-refractivity contribution in [3.05, 3.63) is 90.5 Å². The van der Waals surface area contributed by atoms with E-state index in [1.165, 1.54) is 20.2 Å². The number of rotatable bonds is 6. The van der Waals surface area contributed by atoms with E-state index < -0.39 is 0 Å². The molecule has 1 unspecified atom stereocenters. The van der Waals surface area contributed by atoms with Crippen LogP contribution in [0.1, 0.15) is 25.8 Å². The Kier molecular flexibility index (Phi) is 5.70. The molecule has 0 N–H and O–H groups in total. The van der Waals surface area contributed by atoms with Crippen molar-refractivity contribution >= 4 is 23.5 Å². The molecule has 0 saturated carbocycles. The molecular weight excluding hydrogens is 328 g/mol. The zero-order chi connectivity index (χ0) is 16.8. The van der Waals surface area contributed by atoms with E-state index in [2.05, 4.69) is 98.8 Å². The normalized spacial score (nSPS) is 13.4. The van der Waals surface area contributed by atoms with Crippen molar-refractivity contribution in [3.8, 4) is 0 Å². The molecule has 0 heterocycles. The lowest BCUT2D eigenvalue weighted by Gasteiger charge is -2.28. The summed E-state index contributed by atoms with van der Waals surface area (Å²) in [4.78, 5) is 3.88. The van der Waals surface area contributed by atoms with E-state index in [-0.39, 0.29) is 4.75 Å². The second-order valence-electron chi connectivity index (χ2n) is 5.94. The smallest absolute Gasteiger partial charge is 0.0424 e. The molecule has 0 saturated heterocycles. The van der Waals surface area contributed by atoms with Crippen LogP contribution in [0, 0.1) is 0 Å². The van der Waals surface area contributed by atoms with Gasteiger partial charge in [0.1, 0.15) is 0 Å². The summed E-state index contributed by atoms with van der Waals surface area (Å²) >= 11 is 3.76. The summed E-state index contributed by atoms with van der Waals surface area (Å²) in [6, 6.07) is 30.3. The van der Waals surface area contributed by atoms with Crippen molar-refractivity contribution in [2.75, 3.05) is 0 Å². The van der Waals surface area contributed by atoms with E-state index in [4.69, 9.17) is 0 Å². The van der Waals surface area contributed by atoms with Gasteiger partial charge in [-0.2, -0.15) is 0 Å². The predicted molar refractivity (Wildman–Crippen MR) is 107 cm³/mol. The maximum absolute atomic E-state index is 2.33. The van der Waals surface area contributed by atoms with E-state index in [9.17, 15) is 0 Å². The Bertz CT molecular complexity index is 751. The Morgan fingerprint density at radius 2 is 1.17 bits per heavy atom. The molecule has 0 spiro atoms. The largest absolute Gasteiger partial charge is 0.115 e. The minimum atomic E-state index is 0.106. The summed E-state index contributed by atoms with van der Waals surface area (Å²) < 4.78 is 0.106. The van der Waals surface area contributed by atoms with Gasteiger partial charge in [0.05, 0.1) is 0 Å². The van der Waals surface area contributed by atoms with Crippen molar-refractivity contribution in [2.24, 2.45) is 0 Å². The van der Waals surface area contributed by atoms with Crippen molar-refractivity contribution in [1.82, 2.24) is 0 Å². The molecule has 3 rings (SSSR count). The first-order valence-electron chi connectivity index (χ1n) is 8.27. The molecule has 0 amide bonds. The maximum Gasteiger partial charge on any atom is 0.0424 e. The number of hydrogen-bond acceptors (Lipinski definition) is 2. The summed E-state index contributed by atoms with van der Waals surface area (Å²) in [5.74, 6) is 0. The van der Waals surface area contributed by atoms with Gasteiger partial charge < -0.3 is 0 Å². The van der Waals surface area contributed by atoms with Gasteiger partial charge >= 0.3 is 0 Å². The molecule has 122 valence electrons. The van der Waals surface area contributed by atoms with Gasteiger partial charge in [-0.25, -0.2) is 0 Å². The second-order valence-corrected chi connectivity index (χ2v) is 8.66. The molecule has 0 radical (unpaired) electrons. The highest BCUT2D eigenvalue weighted by molar-refractivity contribution is 8.00. The molecule has 0 aliphatic carbocycles. The van der Waals surface area contributed by atoms with Crippen molar-refractivity contribution in [1.29, 1.82) is 0 Å². The maximum atomic E-state index is 2.33. The van der Waals surface area contributed by atoms with Gasteiger partial charge in [-0.1, -0.05) is 67.2 Å². The van der Waals surface area contributed by atoms with Crippen molar-refractivity contribution in [3.63, 3.8) is 0 Å². The molecular formula is C22H22S2. The topological polar surface area (TPSA) is 0 Å². The molecule has 0 aromatic heterocycles. The molecule has 3 aromatic rings. The molecule has 1 atom stereocenters. The average molecular weight is 351 g/mol. The van der Waals surface area contributed by atoms with Gasteiger partial charge in [0.2, 0.25) is 0 Å². The Labute approximate surface area is 153 Å². The molecule has 2 heteroatoms. The minimum absolute atomic E-state index is 0.106. The molecule has 0 aliphatic rings. The van der Waals surface area contributed by atoms with E-state index in [0.29, 0.717) is 0 Å². The fourth-order valence-corrected chi connectivity index (χ4v) is 4.61. The van der Waals surface area contributed by atoms with Crippen LogP contribution in [-0.4, -0.2) is 0 Å². The van der Waals surface area contributed by atoms with Crippen LogP contribution >= 0.6 is 23.5 Å². The lowest BCUT2D eigenvalue weighted by atomic mass is 9.98. The summed E-state index contributed by atoms with van der Waals surface area (Å²) in [6.45, 7) is 4.60. The van der Waals surface area contributed by atoms with E-state index in [1.54, 1.807) is 0 Å². The lowest BCUT2D eigenvalue weighted by molar-refractivity contribution is 0.664. The molecule has 0 nitrogen and oxygen atoms in total. The molecule has 3 aromatic carbocycles.